The number of nitrogens with zero attached hydrogens (tertiary/aromatic N) is 3. The molecule has 1 heterocycles. The second-order valence-electron chi connectivity index (χ2n) is 4.80. The van der Waals surface area contributed by atoms with Crippen LogP contribution in [0, 0.1) is 0 Å². The van der Waals surface area contributed by atoms with E-state index in [9.17, 15) is 4.79 Å². The first kappa shape index (κ1) is 15.3. The first-order valence-electron chi connectivity index (χ1n) is 7.32. The molecule has 0 spiro atoms. The molecule has 1 aromatic heterocycles. The Morgan fingerprint density at radius 1 is 1.24 bits per heavy atom. The second-order valence-corrected chi connectivity index (χ2v) is 4.80. The summed E-state index contributed by atoms with van der Waals surface area (Å²) >= 11 is 0. The number of hydrogen-bond donors (Lipinski definition) is 1. The smallest absolute Gasteiger partial charge is 0.236 e. The van der Waals surface area contributed by atoms with Crippen LogP contribution in [-0.2, 0) is 11.3 Å². The summed E-state index contributed by atoms with van der Waals surface area (Å²) in [6.07, 6.45) is 3.80. The first-order chi connectivity index (χ1) is 10.2. The Morgan fingerprint density at radius 3 is 2.62 bits per heavy atom. The van der Waals surface area contributed by atoms with E-state index in [2.05, 4.69) is 10.4 Å². The van der Waals surface area contributed by atoms with E-state index in [1.165, 1.54) is 0 Å². The zero-order valence-corrected chi connectivity index (χ0v) is 12.6. The molecule has 5 nitrogen and oxygen atoms in total. The lowest BCUT2D eigenvalue weighted by Crippen LogP contribution is -2.37. The van der Waals surface area contributed by atoms with Gasteiger partial charge >= 0.3 is 0 Å². The van der Waals surface area contributed by atoms with Crippen LogP contribution in [0.5, 0.6) is 0 Å². The van der Waals surface area contributed by atoms with Gasteiger partial charge in [-0.25, -0.2) is 4.68 Å². The molecule has 2 rings (SSSR count). The molecule has 0 saturated heterocycles. The number of hydrogen-bond acceptors (Lipinski definition) is 3. The fourth-order valence-corrected chi connectivity index (χ4v) is 2.18. The highest BCUT2D eigenvalue weighted by Gasteiger charge is 2.08. The Labute approximate surface area is 125 Å². The van der Waals surface area contributed by atoms with E-state index in [4.69, 9.17) is 0 Å². The lowest BCUT2D eigenvalue weighted by molar-refractivity contribution is -0.129. The molecule has 1 aromatic carbocycles. The van der Waals surface area contributed by atoms with Crippen molar-refractivity contribution in [3.63, 3.8) is 0 Å². The monoisotopic (exact) mass is 286 g/mol. The third-order valence-corrected chi connectivity index (χ3v) is 3.38. The molecule has 21 heavy (non-hydrogen) atoms. The van der Waals surface area contributed by atoms with Gasteiger partial charge < -0.3 is 10.2 Å². The topological polar surface area (TPSA) is 50.2 Å². The number of benzene rings is 1. The van der Waals surface area contributed by atoms with E-state index >= 15 is 0 Å². The van der Waals surface area contributed by atoms with Crippen LogP contribution in [0.3, 0.4) is 0 Å². The number of rotatable bonds is 7. The van der Waals surface area contributed by atoms with Crippen LogP contribution in [0.4, 0.5) is 0 Å². The van der Waals surface area contributed by atoms with Crippen molar-refractivity contribution in [2.24, 2.45) is 0 Å². The van der Waals surface area contributed by atoms with E-state index in [1.807, 2.05) is 66.2 Å². The Kier molecular flexibility index (Phi) is 5.51. The fourth-order valence-electron chi connectivity index (χ4n) is 2.18. The molecule has 0 unspecified atom stereocenters. The van der Waals surface area contributed by atoms with E-state index in [0.29, 0.717) is 13.1 Å². The Morgan fingerprint density at radius 2 is 1.95 bits per heavy atom. The summed E-state index contributed by atoms with van der Waals surface area (Å²) in [6.45, 7) is 6.49. The van der Waals surface area contributed by atoms with Crippen molar-refractivity contribution in [3.8, 4) is 5.69 Å². The van der Waals surface area contributed by atoms with Crippen LogP contribution in [-0.4, -0.2) is 40.2 Å². The highest BCUT2D eigenvalue weighted by molar-refractivity contribution is 5.78. The normalized spacial score (nSPS) is 10.6. The fraction of sp³-hybridized carbons (Fsp3) is 0.375. The van der Waals surface area contributed by atoms with Gasteiger partial charge in [0.05, 0.1) is 18.4 Å². The van der Waals surface area contributed by atoms with Gasteiger partial charge in [0.1, 0.15) is 0 Å². The number of para-hydroxylation sites is 1. The van der Waals surface area contributed by atoms with E-state index in [0.717, 1.165) is 24.3 Å². The van der Waals surface area contributed by atoms with Crippen LogP contribution >= 0.6 is 0 Å². The average Bonchev–Trinajstić information content (AvgIpc) is 2.98. The Bertz CT molecular complexity index is 561. The number of carbonyl (C=O) groups is 1. The van der Waals surface area contributed by atoms with E-state index in [-0.39, 0.29) is 5.91 Å². The van der Waals surface area contributed by atoms with Gasteiger partial charge in [0.25, 0.3) is 0 Å². The van der Waals surface area contributed by atoms with Crippen LogP contribution in [0.1, 0.15) is 19.4 Å². The molecule has 0 radical (unpaired) electrons. The highest BCUT2D eigenvalue weighted by Crippen LogP contribution is 2.07. The van der Waals surface area contributed by atoms with E-state index < -0.39 is 0 Å². The Balaban J connectivity index is 1.85. The average molecular weight is 286 g/mol. The van der Waals surface area contributed by atoms with E-state index in [1.54, 1.807) is 0 Å². The number of carbonyl (C=O) groups excluding carboxylic acids is 1. The van der Waals surface area contributed by atoms with Crippen molar-refractivity contribution in [2.75, 3.05) is 19.6 Å². The standard InChI is InChI=1S/C16H22N4O/c1-3-19(4-2)16(21)12-17-10-14-11-18-20(13-14)15-8-6-5-7-9-15/h5-9,11,13,17H,3-4,10,12H2,1-2H3. The quantitative estimate of drug-likeness (QED) is 0.845. The molecule has 112 valence electrons. The molecule has 2 aromatic rings. The zero-order valence-electron chi connectivity index (χ0n) is 12.6. The van der Waals surface area contributed by atoms with Crippen LogP contribution < -0.4 is 5.32 Å². The molecule has 0 aliphatic rings. The van der Waals surface area contributed by atoms with Crippen molar-refractivity contribution in [3.05, 3.63) is 48.3 Å². The molecule has 0 saturated carbocycles. The van der Waals surface area contributed by atoms with Crippen molar-refractivity contribution in [1.82, 2.24) is 20.0 Å². The third-order valence-electron chi connectivity index (χ3n) is 3.38. The second kappa shape index (κ2) is 7.59. The lowest BCUT2D eigenvalue weighted by Gasteiger charge is -2.18. The van der Waals surface area contributed by atoms with Gasteiger partial charge in [0.2, 0.25) is 5.91 Å². The summed E-state index contributed by atoms with van der Waals surface area (Å²) in [6, 6.07) is 9.96. The van der Waals surface area contributed by atoms with Gasteiger partial charge in [-0.05, 0) is 26.0 Å². The summed E-state index contributed by atoms with van der Waals surface area (Å²) in [5.74, 6) is 0.135. The van der Waals surface area contributed by atoms with Gasteiger partial charge in [0.15, 0.2) is 0 Å². The predicted octanol–water partition coefficient (Wildman–Crippen LogP) is 1.83. The molecule has 1 amide bonds. The number of aromatic nitrogens is 2. The predicted molar refractivity (Wildman–Crippen MR) is 83.2 cm³/mol. The summed E-state index contributed by atoms with van der Waals surface area (Å²) in [4.78, 5) is 13.7. The summed E-state index contributed by atoms with van der Waals surface area (Å²) in [5.41, 5.74) is 2.09. The maximum Gasteiger partial charge on any atom is 0.236 e. The van der Waals surface area contributed by atoms with Crippen LogP contribution in [0.15, 0.2) is 42.7 Å². The van der Waals surface area contributed by atoms with Crippen LogP contribution in [0.25, 0.3) is 5.69 Å². The minimum Gasteiger partial charge on any atom is -0.342 e. The summed E-state index contributed by atoms with van der Waals surface area (Å²) in [7, 11) is 0. The molecule has 0 atom stereocenters. The van der Waals surface area contributed by atoms with Crippen molar-refractivity contribution in [1.29, 1.82) is 0 Å². The molecule has 1 N–H and O–H groups in total. The van der Waals surface area contributed by atoms with Gasteiger partial charge in [-0.1, -0.05) is 18.2 Å². The molecular formula is C16H22N4O. The largest absolute Gasteiger partial charge is 0.342 e. The first-order valence-corrected chi connectivity index (χ1v) is 7.32. The molecule has 0 aliphatic carbocycles. The molecule has 0 aliphatic heterocycles. The Hall–Kier alpha value is -2.14. The number of likely N-dealkylation sites (N-methyl/N-ethyl adjacent to an activating group) is 1. The number of nitrogens with one attached hydrogen (secondary N) is 1. The van der Waals surface area contributed by atoms with Gasteiger partial charge in [-0.15, -0.1) is 0 Å². The maximum atomic E-state index is 11.9. The van der Waals surface area contributed by atoms with Gasteiger partial charge in [-0.3, -0.25) is 4.79 Å². The van der Waals surface area contributed by atoms with Gasteiger partial charge in [-0.2, -0.15) is 5.10 Å². The van der Waals surface area contributed by atoms with Crippen LogP contribution in [0.2, 0.25) is 0 Å². The number of amides is 1. The van der Waals surface area contributed by atoms with Crippen molar-refractivity contribution < 1.29 is 4.79 Å². The molecule has 0 bridgehead atoms. The molecular weight excluding hydrogens is 264 g/mol. The molecule has 0 fully saturated rings. The van der Waals surface area contributed by atoms with Crippen molar-refractivity contribution in [2.45, 2.75) is 20.4 Å². The highest BCUT2D eigenvalue weighted by atomic mass is 16.2. The molecule has 5 heteroatoms. The summed E-state index contributed by atoms with van der Waals surface area (Å²) < 4.78 is 1.84. The maximum absolute atomic E-state index is 11.9. The zero-order chi connectivity index (χ0) is 15.1. The summed E-state index contributed by atoms with van der Waals surface area (Å²) in [5, 5.41) is 7.50. The third kappa shape index (κ3) is 4.16. The minimum atomic E-state index is 0.135. The van der Waals surface area contributed by atoms with Crippen molar-refractivity contribution >= 4 is 5.91 Å². The SMILES string of the molecule is CCN(CC)C(=O)CNCc1cnn(-c2ccccc2)c1. The van der Waals surface area contributed by atoms with Gasteiger partial charge in [0, 0.05) is 31.4 Å². The lowest BCUT2D eigenvalue weighted by atomic mass is 10.3. The minimum absolute atomic E-state index is 0.135.